The minimum atomic E-state index is -0.480. The van der Waals surface area contributed by atoms with Crippen molar-refractivity contribution in [3.8, 4) is 0 Å². The van der Waals surface area contributed by atoms with Crippen LogP contribution in [0.3, 0.4) is 0 Å². The summed E-state index contributed by atoms with van der Waals surface area (Å²) >= 11 is 0. The van der Waals surface area contributed by atoms with Crippen molar-refractivity contribution in [2.45, 2.75) is 6.61 Å². The van der Waals surface area contributed by atoms with Gasteiger partial charge in [-0.2, -0.15) is 0 Å². The van der Waals surface area contributed by atoms with Crippen molar-refractivity contribution in [1.82, 2.24) is 5.32 Å². The zero-order valence-electron chi connectivity index (χ0n) is 31.4. The van der Waals surface area contributed by atoms with Gasteiger partial charge in [0.25, 0.3) is 0 Å². The summed E-state index contributed by atoms with van der Waals surface area (Å²) in [6.45, 7) is 11.9. The highest BCUT2D eigenvalue weighted by Gasteiger charge is 2.02. The summed E-state index contributed by atoms with van der Waals surface area (Å²) in [5, 5.41) is 2.64. The van der Waals surface area contributed by atoms with E-state index < -0.39 is 12.8 Å². The van der Waals surface area contributed by atoms with Crippen molar-refractivity contribution in [2.24, 2.45) is 0 Å². The molecule has 0 aliphatic heterocycles. The number of hydrogen-bond donors (Lipinski definition) is 1. The van der Waals surface area contributed by atoms with E-state index in [1.807, 2.05) is 30.3 Å². The van der Waals surface area contributed by atoms with Gasteiger partial charge in [-0.3, -0.25) is 0 Å². The van der Waals surface area contributed by atoms with Crippen molar-refractivity contribution in [3.63, 3.8) is 0 Å². The Morgan fingerprint density at radius 1 is 0.396 bits per heavy atom. The number of benzene rings is 1. The molecule has 310 valence electrons. The van der Waals surface area contributed by atoms with Crippen molar-refractivity contribution in [1.29, 1.82) is 0 Å². The lowest BCUT2D eigenvalue weighted by molar-refractivity contribution is -0.0290. The molecule has 0 saturated heterocycles. The smallest absolute Gasteiger partial charge is 0.407 e. The van der Waals surface area contributed by atoms with E-state index in [4.69, 9.17) is 66.3 Å². The lowest BCUT2D eigenvalue weighted by Crippen LogP contribution is -2.28. The van der Waals surface area contributed by atoms with Gasteiger partial charge in [0.1, 0.15) is 13.3 Å². The monoisotopic (exact) mass is 769 g/mol. The number of carbonyl (C=O) groups excluding carboxylic acids is 1. The third-order valence-corrected chi connectivity index (χ3v) is 6.41. The molecule has 16 nitrogen and oxygen atoms in total. The number of rotatable bonds is 43. The quantitative estimate of drug-likeness (QED) is 0.0963. The molecule has 0 heterocycles. The van der Waals surface area contributed by atoms with Gasteiger partial charge in [0.05, 0.1) is 172 Å². The van der Waals surface area contributed by atoms with Gasteiger partial charge >= 0.3 is 6.09 Å². The van der Waals surface area contributed by atoms with Gasteiger partial charge in [-0.05, 0) is 5.56 Å². The fourth-order valence-corrected chi connectivity index (χ4v) is 3.79. The van der Waals surface area contributed by atoms with E-state index in [9.17, 15) is 9.18 Å². The van der Waals surface area contributed by atoms with E-state index in [1.54, 1.807) is 0 Å². The Kier molecular flexibility index (Phi) is 39.4. The van der Waals surface area contributed by atoms with Crippen LogP contribution >= 0.6 is 0 Å². The maximum atomic E-state index is 11.8. The lowest BCUT2D eigenvalue weighted by atomic mass is 10.2. The molecule has 0 aliphatic carbocycles. The number of ether oxygens (including phenoxy) is 14. The first-order valence-electron chi connectivity index (χ1n) is 18.3. The first-order valence-corrected chi connectivity index (χ1v) is 18.3. The number of nitrogens with one attached hydrogen (secondary N) is 1. The maximum Gasteiger partial charge on any atom is 0.407 e. The number of hydrogen-bond acceptors (Lipinski definition) is 15. The van der Waals surface area contributed by atoms with Gasteiger partial charge < -0.3 is 71.6 Å². The molecule has 1 N–H and O–H groups in total. The number of alkyl carbamates (subject to hydrolysis) is 1. The molecule has 0 aliphatic rings. The van der Waals surface area contributed by atoms with Crippen molar-refractivity contribution < 1.29 is 75.5 Å². The van der Waals surface area contributed by atoms with Gasteiger partial charge in [-0.25, -0.2) is 9.18 Å². The van der Waals surface area contributed by atoms with Crippen LogP contribution in [0, 0.1) is 0 Å². The number of carbonyl (C=O) groups is 1. The van der Waals surface area contributed by atoms with Crippen molar-refractivity contribution in [2.75, 3.05) is 185 Å². The van der Waals surface area contributed by atoms with Crippen molar-refractivity contribution >= 4 is 6.09 Å². The molecule has 0 unspecified atom stereocenters. The fourth-order valence-electron chi connectivity index (χ4n) is 3.79. The molecular weight excluding hydrogens is 705 g/mol. The highest BCUT2D eigenvalue weighted by Crippen LogP contribution is 2.00. The van der Waals surface area contributed by atoms with Gasteiger partial charge in [-0.1, -0.05) is 30.3 Å². The predicted octanol–water partition coefficient (Wildman–Crippen LogP) is 2.10. The van der Waals surface area contributed by atoms with Gasteiger partial charge in [0.2, 0.25) is 0 Å². The Morgan fingerprint density at radius 3 is 0.943 bits per heavy atom. The molecule has 17 heteroatoms. The fraction of sp³-hybridized carbons (Fsp3) is 0.806. The summed E-state index contributed by atoms with van der Waals surface area (Å²) in [5.41, 5.74) is 0.934. The number of amides is 1. The Balaban J connectivity index is 1.62. The number of alkyl halides is 1. The van der Waals surface area contributed by atoms with Crippen LogP contribution in [0.1, 0.15) is 5.56 Å². The van der Waals surface area contributed by atoms with Crippen molar-refractivity contribution in [3.05, 3.63) is 35.9 Å². The van der Waals surface area contributed by atoms with Crippen LogP contribution in [0.15, 0.2) is 30.3 Å². The van der Waals surface area contributed by atoms with Crippen LogP contribution in [0.25, 0.3) is 0 Å². The minimum absolute atomic E-state index is 0.108. The van der Waals surface area contributed by atoms with E-state index in [1.165, 1.54) is 0 Å². The average molecular weight is 770 g/mol. The molecule has 1 aromatic rings. The van der Waals surface area contributed by atoms with Crippen LogP contribution in [-0.2, 0) is 72.9 Å². The zero-order valence-corrected chi connectivity index (χ0v) is 31.4. The van der Waals surface area contributed by atoms with Crippen LogP contribution in [0.4, 0.5) is 9.18 Å². The Labute approximate surface area is 314 Å². The summed E-state index contributed by atoms with van der Waals surface area (Å²) in [7, 11) is 0. The molecule has 1 rings (SSSR count). The summed E-state index contributed by atoms with van der Waals surface area (Å²) in [4.78, 5) is 11.6. The third-order valence-electron chi connectivity index (χ3n) is 6.41. The lowest BCUT2D eigenvalue weighted by Gasteiger charge is -2.09. The second kappa shape index (κ2) is 42.6. The first-order chi connectivity index (χ1) is 26.3. The average Bonchev–Trinajstić information content (AvgIpc) is 3.18. The SMILES string of the molecule is O=C(NCCOCCOCCOCCOCCOCCOCCOCCOCCOCCOCCOCCOCCOCCF)OCc1ccccc1. The van der Waals surface area contributed by atoms with Crippen LogP contribution in [-0.4, -0.2) is 191 Å². The highest BCUT2D eigenvalue weighted by atomic mass is 19.1. The summed E-state index contributed by atoms with van der Waals surface area (Å²) in [6, 6.07) is 9.49. The molecule has 0 fully saturated rings. The second-order valence-corrected chi connectivity index (χ2v) is 10.6. The standard InChI is InChI=1S/C36H64FNO15/c37-6-8-40-10-12-42-14-16-44-18-20-46-22-24-48-26-28-50-30-32-52-33-31-51-29-27-49-25-23-47-21-19-45-17-15-43-13-11-41-9-7-38-36(39)53-34-35-4-2-1-3-5-35/h1-5H,6-34H2,(H,38,39). The molecule has 0 bridgehead atoms. The first kappa shape index (κ1) is 48.9. The summed E-state index contributed by atoms with van der Waals surface area (Å²) < 4.78 is 87.2. The zero-order chi connectivity index (χ0) is 37.8. The molecule has 0 atom stereocenters. The van der Waals surface area contributed by atoms with Crippen LogP contribution in [0.2, 0.25) is 0 Å². The van der Waals surface area contributed by atoms with E-state index in [0.717, 1.165) is 5.56 Å². The third kappa shape index (κ3) is 39.4. The summed E-state index contributed by atoms with van der Waals surface area (Å²) in [6.07, 6.45) is -0.473. The minimum Gasteiger partial charge on any atom is -0.445 e. The van der Waals surface area contributed by atoms with Crippen LogP contribution < -0.4 is 5.32 Å². The Hall–Kier alpha value is -2.10. The molecule has 0 radical (unpaired) electrons. The van der Waals surface area contributed by atoms with Crippen LogP contribution in [0.5, 0.6) is 0 Å². The predicted molar refractivity (Wildman–Crippen MR) is 191 cm³/mol. The van der Waals surface area contributed by atoms with E-state index in [2.05, 4.69) is 5.32 Å². The molecule has 1 aromatic carbocycles. The van der Waals surface area contributed by atoms with E-state index in [0.29, 0.717) is 172 Å². The van der Waals surface area contributed by atoms with Gasteiger partial charge in [0.15, 0.2) is 0 Å². The molecule has 0 saturated carbocycles. The molecular formula is C36H64FNO15. The second-order valence-electron chi connectivity index (χ2n) is 10.6. The molecule has 0 aromatic heterocycles. The molecule has 1 amide bonds. The Bertz CT molecular complexity index is 865. The van der Waals surface area contributed by atoms with Gasteiger partial charge in [0, 0.05) is 6.54 Å². The Morgan fingerprint density at radius 2 is 0.660 bits per heavy atom. The highest BCUT2D eigenvalue weighted by molar-refractivity contribution is 5.67. The summed E-state index contributed by atoms with van der Waals surface area (Å²) in [5.74, 6) is 0. The largest absolute Gasteiger partial charge is 0.445 e. The maximum absolute atomic E-state index is 11.8. The normalized spacial score (nSPS) is 11.3. The number of halogens is 1. The topological polar surface area (TPSA) is 158 Å². The van der Waals surface area contributed by atoms with E-state index in [-0.39, 0.29) is 13.2 Å². The molecule has 53 heavy (non-hydrogen) atoms. The molecule has 0 spiro atoms. The van der Waals surface area contributed by atoms with Gasteiger partial charge in [-0.15, -0.1) is 0 Å². The van der Waals surface area contributed by atoms with E-state index >= 15 is 0 Å².